The number of hydrogen-bond donors (Lipinski definition) is 1. The number of hydrogen-bond acceptors (Lipinski definition) is 1. The molecule has 0 unspecified atom stereocenters. The quantitative estimate of drug-likeness (QED) is 0.848. The summed E-state index contributed by atoms with van der Waals surface area (Å²) in [5, 5.41) is 3.04. The van der Waals surface area contributed by atoms with Crippen molar-refractivity contribution in [3.8, 4) is 0 Å². The average Bonchev–Trinajstić information content (AvgIpc) is 2.43. The van der Waals surface area contributed by atoms with E-state index in [1.807, 2.05) is 0 Å². The van der Waals surface area contributed by atoms with Gasteiger partial charge in [-0.2, -0.15) is 0 Å². The highest BCUT2D eigenvalue weighted by Crippen LogP contribution is 2.26. The minimum atomic E-state index is -0.940. The Morgan fingerprint density at radius 3 is 2.65 bits per heavy atom. The Kier molecular flexibility index (Phi) is 5.35. The topological polar surface area (TPSA) is 29.1 Å². The van der Waals surface area contributed by atoms with Crippen molar-refractivity contribution in [1.29, 1.82) is 0 Å². The minimum Gasteiger partial charge on any atom is -0.356 e. The smallest absolute Gasteiger partial charge is 0.224 e. The van der Waals surface area contributed by atoms with E-state index in [1.54, 1.807) is 0 Å². The molecule has 1 amide bonds. The van der Waals surface area contributed by atoms with Gasteiger partial charge in [-0.3, -0.25) is 4.79 Å². The number of amides is 1. The van der Waals surface area contributed by atoms with Gasteiger partial charge in [0.1, 0.15) is 0 Å². The predicted octanol–water partition coefficient (Wildman–Crippen LogP) is 3.42. The van der Waals surface area contributed by atoms with Crippen LogP contribution in [0.3, 0.4) is 0 Å². The molecule has 20 heavy (non-hydrogen) atoms. The number of halogens is 3. The zero-order valence-corrected chi connectivity index (χ0v) is 11.9. The molecule has 1 aliphatic rings. The number of alkyl halides is 1. The summed E-state index contributed by atoms with van der Waals surface area (Å²) in [6, 6.07) is 3.88. The maximum absolute atomic E-state index is 13.4. The lowest BCUT2D eigenvalue weighted by Crippen LogP contribution is -2.32. The first-order chi connectivity index (χ1) is 9.56. The largest absolute Gasteiger partial charge is 0.356 e. The molecule has 110 valence electrons. The summed E-state index contributed by atoms with van der Waals surface area (Å²) in [7, 11) is 0. The van der Waals surface area contributed by atoms with E-state index in [1.165, 1.54) is 12.1 Å². The van der Waals surface area contributed by atoms with Crippen molar-refractivity contribution >= 4 is 17.5 Å². The number of rotatable bonds is 4. The molecule has 0 radical (unpaired) electrons. The maximum Gasteiger partial charge on any atom is 0.224 e. The zero-order valence-electron chi connectivity index (χ0n) is 11.2. The van der Waals surface area contributed by atoms with Crippen LogP contribution in [0, 0.1) is 17.6 Å². The number of carbonyl (C=O) groups excluding carboxylic acids is 1. The number of benzene rings is 1. The number of carbonyl (C=O) groups is 1. The summed E-state index contributed by atoms with van der Waals surface area (Å²) in [5.41, 5.74) is 0.0898. The van der Waals surface area contributed by atoms with Crippen LogP contribution in [0.4, 0.5) is 8.78 Å². The Morgan fingerprint density at radius 2 is 1.95 bits per heavy atom. The Bertz CT molecular complexity index is 473. The SMILES string of the molecule is O=C(Cc1cccc(F)c1F)NCC1CCC(Cl)CC1. The lowest BCUT2D eigenvalue weighted by atomic mass is 9.89. The maximum atomic E-state index is 13.4. The summed E-state index contributed by atoms with van der Waals surface area (Å²) in [4.78, 5) is 11.8. The van der Waals surface area contributed by atoms with E-state index in [2.05, 4.69) is 5.32 Å². The molecule has 0 atom stereocenters. The van der Waals surface area contributed by atoms with Crippen molar-refractivity contribution in [3.63, 3.8) is 0 Å². The first kappa shape index (κ1) is 15.2. The van der Waals surface area contributed by atoms with Crippen LogP contribution in [-0.2, 0) is 11.2 Å². The molecule has 0 bridgehead atoms. The molecule has 5 heteroatoms. The second-order valence-electron chi connectivity index (χ2n) is 5.31. The van der Waals surface area contributed by atoms with Crippen molar-refractivity contribution < 1.29 is 13.6 Å². The fraction of sp³-hybridized carbons (Fsp3) is 0.533. The standard InChI is InChI=1S/C15H18ClF2NO/c16-12-6-4-10(5-7-12)9-19-14(20)8-11-2-1-3-13(17)15(11)18/h1-3,10,12H,4-9H2,(H,19,20). The van der Waals surface area contributed by atoms with E-state index in [4.69, 9.17) is 11.6 Å². The van der Waals surface area contributed by atoms with Gasteiger partial charge in [-0.05, 0) is 37.7 Å². The van der Waals surface area contributed by atoms with Crippen molar-refractivity contribution in [2.45, 2.75) is 37.5 Å². The number of nitrogens with one attached hydrogen (secondary N) is 1. The third-order valence-electron chi connectivity index (χ3n) is 3.75. The molecule has 1 saturated carbocycles. The molecule has 0 spiro atoms. The van der Waals surface area contributed by atoms with Crippen LogP contribution in [0.2, 0.25) is 0 Å². The fourth-order valence-corrected chi connectivity index (χ4v) is 2.76. The van der Waals surface area contributed by atoms with Crippen LogP contribution in [0.15, 0.2) is 18.2 Å². The molecule has 0 saturated heterocycles. The molecule has 1 aromatic carbocycles. The van der Waals surface area contributed by atoms with E-state index in [-0.39, 0.29) is 23.3 Å². The van der Waals surface area contributed by atoms with Gasteiger partial charge in [-0.1, -0.05) is 12.1 Å². The fourth-order valence-electron chi connectivity index (χ4n) is 2.50. The van der Waals surface area contributed by atoms with Gasteiger partial charge in [0, 0.05) is 17.5 Å². The van der Waals surface area contributed by atoms with Crippen molar-refractivity contribution in [3.05, 3.63) is 35.4 Å². The molecule has 1 aromatic rings. The third kappa shape index (κ3) is 4.17. The van der Waals surface area contributed by atoms with Crippen LogP contribution >= 0.6 is 11.6 Å². The van der Waals surface area contributed by atoms with Crippen LogP contribution in [0.1, 0.15) is 31.2 Å². The van der Waals surface area contributed by atoms with Gasteiger partial charge in [0.15, 0.2) is 11.6 Å². The zero-order chi connectivity index (χ0) is 14.5. The van der Waals surface area contributed by atoms with Gasteiger partial charge in [0.05, 0.1) is 6.42 Å². The lowest BCUT2D eigenvalue weighted by molar-refractivity contribution is -0.120. The van der Waals surface area contributed by atoms with Crippen LogP contribution in [0.5, 0.6) is 0 Å². The minimum absolute atomic E-state index is 0.0898. The summed E-state index contributed by atoms with van der Waals surface area (Å²) in [6.07, 6.45) is 3.82. The summed E-state index contributed by atoms with van der Waals surface area (Å²) >= 11 is 6.02. The van der Waals surface area contributed by atoms with Crippen molar-refractivity contribution in [2.75, 3.05) is 6.54 Å². The summed E-state index contributed by atoms with van der Waals surface area (Å²) in [5.74, 6) is -1.70. The molecular formula is C15H18ClF2NO. The van der Waals surface area contributed by atoms with Gasteiger partial charge < -0.3 is 5.32 Å². The Morgan fingerprint density at radius 1 is 1.25 bits per heavy atom. The van der Waals surface area contributed by atoms with Crippen LogP contribution < -0.4 is 5.32 Å². The van der Waals surface area contributed by atoms with E-state index in [0.29, 0.717) is 12.5 Å². The molecule has 1 N–H and O–H groups in total. The molecule has 0 aliphatic heterocycles. The van der Waals surface area contributed by atoms with Gasteiger partial charge in [0.2, 0.25) is 5.91 Å². The Balaban J connectivity index is 1.79. The first-order valence-electron chi connectivity index (χ1n) is 6.90. The highest BCUT2D eigenvalue weighted by Gasteiger charge is 2.20. The van der Waals surface area contributed by atoms with E-state index in [9.17, 15) is 13.6 Å². The second kappa shape index (κ2) is 7.02. The molecule has 0 heterocycles. The Hall–Kier alpha value is -1.16. The molecule has 2 rings (SSSR count). The lowest BCUT2D eigenvalue weighted by Gasteiger charge is -2.25. The summed E-state index contributed by atoms with van der Waals surface area (Å²) in [6.45, 7) is 0.583. The Labute approximate surface area is 122 Å². The van der Waals surface area contributed by atoms with Crippen molar-refractivity contribution in [1.82, 2.24) is 5.32 Å². The molecule has 2 nitrogen and oxygen atoms in total. The van der Waals surface area contributed by atoms with E-state index >= 15 is 0 Å². The van der Waals surface area contributed by atoms with E-state index < -0.39 is 11.6 Å². The molecule has 1 aliphatic carbocycles. The highest BCUT2D eigenvalue weighted by molar-refractivity contribution is 6.20. The first-order valence-corrected chi connectivity index (χ1v) is 7.33. The average molecular weight is 302 g/mol. The second-order valence-corrected chi connectivity index (χ2v) is 5.93. The van der Waals surface area contributed by atoms with Gasteiger partial charge in [-0.15, -0.1) is 11.6 Å². The van der Waals surface area contributed by atoms with Gasteiger partial charge >= 0.3 is 0 Å². The molecular weight excluding hydrogens is 284 g/mol. The molecule has 1 fully saturated rings. The monoisotopic (exact) mass is 301 g/mol. The third-order valence-corrected chi connectivity index (χ3v) is 4.18. The molecule has 0 aromatic heterocycles. The van der Waals surface area contributed by atoms with E-state index in [0.717, 1.165) is 31.7 Å². The predicted molar refractivity (Wildman–Crippen MR) is 74.7 cm³/mol. The van der Waals surface area contributed by atoms with Gasteiger partial charge in [0.25, 0.3) is 0 Å². The highest BCUT2D eigenvalue weighted by atomic mass is 35.5. The van der Waals surface area contributed by atoms with Gasteiger partial charge in [-0.25, -0.2) is 8.78 Å². The van der Waals surface area contributed by atoms with Crippen LogP contribution in [-0.4, -0.2) is 17.8 Å². The van der Waals surface area contributed by atoms with Crippen molar-refractivity contribution in [2.24, 2.45) is 5.92 Å². The summed E-state index contributed by atoms with van der Waals surface area (Å²) < 4.78 is 26.5. The normalized spacial score (nSPS) is 22.6. The van der Waals surface area contributed by atoms with Crippen LogP contribution in [0.25, 0.3) is 0 Å².